The summed E-state index contributed by atoms with van der Waals surface area (Å²) >= 11 is 0. The van der Waals surface area contributed by atoms with Crippen molar-refractivity contribution < 1.29 is 0 Å². The van der Waals surface area contributed by atoms with E-state index in [2.05, 4.69) is 123 Å². The standard InChI is InChI=1S/C46H40N2/c1-45(2,3)43(25-23-39-13-9-7-11-37(39)17-15-35-27-31-47-32-28-35)41-19-21-42(22-20-41)44(46(4,5)6)26-24-40-14-10-8-12-38(40)18-16-36-29-33-48-34-30-36/h7-14,19-22,27-34,43-44H,1-6H3/t43-,44+. The Morgan fingerprint density at radius 2 is 0.708 bits per heavy atom. The van der Waals surface area contributed by atoms with Gasteiger partial charge in [0.15, 0.2) is 0 Å². The molecule has 2 heteroatoms. The predicted molar refractivity (Wildman–Crippen MR) is 198 cm³/mol. The Bertz CT molecular complexity index is 1940. The molecular formula is C46H40N2. The third-order valence-electron chi connectivity index (χ3n) is 7.94. The molecule has 0 N–H and O–H groups in total. The van der Waals surface area contributed by atoms with E-state index in [1.807, 2.05) is 72.8 Å². The van der Waals surface area contributed by atoms with Gasteiger partial charge in [0.05, 0.1) is 11.8 Å². The van der Waals surface area contributed by atoms with Gasteiger partial charge in [-0.3, -0.25) is 9.97 Å². The molecule has 5 aromatic rings. The molecule has 0 fully saturated rings. The number of nitrogens with zero attached hydrogens (tertiary/aromatic N) is 2. The number of hydrogen-bond acceptors (Lipinski definition) is 2. The molecule has 0 bridgehead atoms. The quantitative estimate of drug-likeness (QED) is 0.184. The van der Waals surface area contributed by atoms with Gasteiger partial charge < -0.3 is 0 Å². The van der Waals surface area contributed by atoms with E-state index in [1.165, 1.54) is 11.1 Å². The third-order valence-corrected chi connectivity index (χ3v) is 7.94. The maximum atomic E-state index is 4.08. The first-order valence-electron chi connectivity index (χ1n) is 16.2. The van der Waals surface area contributed by atoms with E-state index >= 15 is 0 Å². The highest BCUT2D eigenvalue weighted by molar-refractivity contribution is 5.55. The van der Waals surface area contributed by atoms with Crippen molar-refractivity contribution in [3.8, 4) is 47.4 Å². The van der Waals surface area contributed by atoms with Gasteiger partial charge in [-0.05, 0) is 70.5 Å². The molecule has 0 aliphatic heterocycles. The van der Waals surface area contributed by atoms with Crippen molar-refractivity contribution in [2.45, 2.75) is 53.4 Å². The van der Waals surface area contributed by atoms with Gasteiger partial charge in [-0.25, -0.2) is 0 Å². The molecule has 0 unspecified atom stereocenters. The molecule has 0 aliphatic carbocycles. The Hall–Kier alpha value is -5.80. The molecule has 2 nitrogen and oxygen atoms in total. The van der Waals surface area contributed by atoms with Crippen molar-refractivity contribution >= 4 is 0 Å². The van der Waals surface area contributed by atoms with E-state index in [0.717, 1.165) is 33.4 Å². The highest BCUT2D eigenvalue weighted by Gasteiger charge is 2.27. The molecule has 48 heavy (non-hydrogen) atoms. The van der Waals surface area contributed by atoms with Gasteiger partial charge >= 0.3 is 0 Å². The summed E-state index contributed by atoms with van der Waals surface area (Å²) in [7, 11) is 0. The van der Waals surface area contributed by atoms with Crippen molar-refractivity contribution in [3.05, 3.63) is 166 Å². The highest BCUT2D eigenvalue weighted by Crippen LogP contribution is 2.38. The van der Waals surface area contributed by atoms with Crippen LogP contribution in [-0.4, -0.2) is 9.97 Å². The lowest BCUT2D eigenvalue weighted by atomic mass is 9.74. The minimum atomic E-state index is -0.0730. The lowest BCUT2D eigenvalue weighted by Crippen LogP contribution is -2.19. The van der Waals surface area contributed by atoms with E-state index < -0.39 is 0 Å². The summed E-state index contributed by atoms with van der Waals surface area (Å²) in [5.74, 6) is 27.3. The summed E-state index contributed by atoms with van der Waals surface area (Å²) < 4.78 is 0. The van der Waals surface area contributed by atoms with Crippen LogP contribution in [0.15, 0.2) is 122 Å². The fraction of sp³-hybridized carbons (Fsp3) is 0.217. The van der Waals surface area contributed by atoms with Crippen molar-refractivity contribution in [3.63, 3.8) is 0 Å². The summed E-state index contributed by atoms with van der Waals surface area (Å²) in [6, 6.07) is 32.7. The first kappa shape index (κ1) is 33.6. The smallest absolute Gasteiger partial charge is 0.0504 e. The number of pyridine rings is 2. The fourth-order valence-electron chi connectivity index (χ4n) is 5.33. The van der Waals surface area contributed by atoms with Gasteiger partial charge in [0.25, 0.3) is 0 Å². The van der Waals surface area contributed by atoms with Gasteiger partial charge in [0.2, 0.25) is 0 Å². The largest absolute Gasteiger partial charge is 0.265 e. The average Bonchev–Trinajstić information content (AvgIpc) is 3.08. The second-order valence-electron chi connectivity index (χ2n) is 13.9. The molecule has 234 valence electrons. The predicted octanol–water partition coefficient (Wildman–Crippen LogP) is 9.64. The minimum absolute atomic E-state index is 0.0257. The van der Waals surface area contributed by atoms with Crippen LogP contribution in [0.5, 0.6) is 0 Å². The highest BCUT2D eigenvalue weighted by atomic mass is 14.6. The van der Waals surface area contributed by atoms with Crippen LogP contribution in [0.2, 0.25) is 0 Å². The van der Waals surface area contributed by atoms with Gasteiger partial charge in [-0.15, -0.1) is 0 Å². The van der Waals surface area contributed by atoms with Crippen LogP contribution in [0.3, 0.4) is 0 Å². The molecular weight excluding hydrogens is 581 g/mol. The second kappa shape index (κ2) is 15.2. The lowest BCUT2D eigenvalue weighted by Gasteiger charge is -2.29. The maximum absolute atomic E-state index is 4.08. The Kier molecular flexibility index (Phi) is 10.6. The average molecular weight is 621 g/mol. The van der Waals surface area contributed by atoms with Crippen LogP contribution >= 0.6 is 0 Å². The van der Waals surface area contributed by atoms with E-state index in [0.29, 0.717) is 0 Å². The van der Waals surface area contributed by atoms with Gasteiger partial charge in [0.1, 0.15) is 0 Å². The third kappa shape index (κ3) is 9.14. The molecule has 0 saturated heterocycles. The molecule has 0 saturated carbocycles. The zero-order valence-electron chi connectivity index (χ0n) is 28.6. The van der Waals surface area contributed by atoms with E-state index in [1.54, 1.807) is 24.8 Å². The van der Waals surface area contributed by atoms with Crippen molar-refractivity contribution in [1.29, 1.82) is 0 Å². The molecule has 3 aromatic carbocycles. The first-order chi connectivity index (χ1) is 23.1. The first-order valence-corrected chi connectivity index (χ1v) is 16.2. The van der Waals surface area contributed by atoms with Crippen LogP contribution in [0.25, 0.3) is 0 Å². The molecule has 2 aromatic heterocycles. The van der Waals surface area contributed by atoms with E-state index in [-0.39, 0.29) is 22.7 Å². The second-order valence-corrected chi connectivity index (χ2v) is 13.9. The molecule has 0 aliphatic rings. The number of hydrogen-bond donors (Lipinski definition) is 0. The monoisotopic (exact) mass is 620 g/mol. The Labute approximate surface area is 287 Å². The maximum Gasteiger partial charge on any atom is 0.0504 e. The molecule has 0 radical (unpaired) electrons. The summed E-state index contributed by atoms with van der Waals surface area (Å²) in [6.07, 6.45) is 7.02. The zero-order valence-corrected chi connectivity index (χ0v) is 28.6. The van der Waals surface area contributed by atoms with Crippen LogP contribution < -0.4 is 0 Å². The number of benzene rings is 3. The fourth-order valence-corrected chi connectivity index (χ4v) is 5.33. The van der Waals surface area contributed by atoms with Crippen LogP contribution in [0.4, 0.5) is 0 Å². The van der Waals surface area contributed by atoms with Crippen molar-refractivity contribution in [1.82, 2.24) is 9.97 Å². The lowest BCUT2D eigenvalue weighted by molar-refractivity contribution is 0.371. The molecule has 5 rings (SSSR count). The number of aromatic nitrogens is 2. The Balaban J connectivity index is 1.43. The minimum Gasteiger partial charge on any atom is -0.265 e. The molecule has 0 amide bonds. The van der Waals surface area contributed by atoms with Crippen LogP contribution in [0.1, 0.15) is 97.9 Å². The van der Waals surface area contributed by atoms with E-state index in [4.69, 9.17) is 0 Å². The summed E-state index contributed by atoms with van der Waals surface area (Å²) in [5.41, 5.74) is 7.79. The molecule has 2 heterocycles. The zero-order chi connectivity index (χ0) is 34.0. The Morgan fingerprint density at radius 3 is 1.02 bits per heavy atom. The molecule has 0 spiro atoms. The topological polar surface area (TPSA) is 25.8 Å². The summed E-state index contributed by atoms with van der Waals surface area (Å²) in [4.78, 5) is 8.16. The van der Waals surface area contributed by atoms with Crippen LogP contribution in [-0.2, 0) is 0 Å². The number of rotatable bonds is 2. The van der Waals surface area contributed by atoms with Crippen LogP contribution in [0, 0.1) is 58.2 Å². The van der Waals surface area contributed by atoms with Gasteiger partial charge in [-0.1, -0.05) is 137 Å². The normalized spacial score (nSPS) is 12.0. The molecule has 2 atom stereocenters. The summed E-state index contributed by atoms with van der Waals surface area (Å²) in [5, 5.41) is 0. The SMILES string of the molecule is CC(C)(C)[C@H](C#Cc1ccccc1C#Cc1ccncc1)c1ccc([C@H](C#Cc2ccccc2C#Cc2ccncc2)C(C)(C)C)cc1. The van der Waals surface area contributed by atoms with Crippen molar-refractivity contribution in [2.24, 2.45) is 10.8 Å². The van der Waals surface area contributed by atoms with Gasteiger partial charge in [0, 0.05) is 58.2 Å². The van der Waals surface area contributed by atoms with Gasteiger partial charge in [-0.2, -0.15) is 0 Å². The Morgan fingerprint density at radius 1 is 0.396 bits per heavy atom. The summed E-state index contributed by atoms with van der Waals surface area (Å²) in [6.45, 7) is 13.5. The van der Waals surface area contributed by atoms with E-state index in [9.17, 15) is 0 Å². The van der Waals surface area contributed by atoms with Crippen molar-refractivity contribution in [2.75, 3.05) is 0 Å².